The Bertz CT molecular complexity index is 6.00. The summed E-state index contributed by atoms with van der Waals surface area (Å²) >= 11 is 0.569. The molecule has 0 aliphatic heterocycles. The third kappa shape index (κ3) is 10.4. The molecule has 0 saturated heterocycles. The van der Waals surface area contributed by atoms with Gasteiger partial charge in [-0.15, -0.1) is 0 Å². The van der Waals surface area contributed by atoms with Crippen molar-refractivity contribution in [3.63, 3.8) is 0 Å². The van der Waals surface area contributed by atoms with Crippen molar-refractivity contribution >= 4 is 31.4 Å². The molecule has 0 unspecified atom stereocenters. The molecule has 0 nitrogen and oxygen atoms in total. The molecule has 0 radical (unpaired) electrons. The SMILES string of the molecule is [Cl][Ni][Cl].[SiH4]. The molecule has 0 spiro atoms. The van der Waals surface area contributed by atoms with Crippen molar-refractivity contribution in [3.05, 3.63) is 0 Å². The van der Waals surface area contributed by atoms with Gasteiger partial charge in [-0.05, 0) is 11.0 Å². The van der Waals surface area contributed by atoms with Gasteiger partial charge in [-0.25, -0.2) is 0 Å². The van der Waals surface area contributed by atoms with E-state index in [1.807, 2.05) is 0 Å². The van der Waals surface area contributed by atoms with Crippen molar-refractivity contribution in [1.82, 2.24) is 0 Å². The summed E-state index contributed by atoms with van der Waals surface area (Å²) in [5, 5.41) is 0. The van der Waals surface area contributed by atoms with E-state index in [2.05, 4.69) is 0 Å². The molecule has 0 bridgehead atoms. The first-order valence-corrected chi connectivity index (χ1v) is 2.96. The minimum absolute atomic E-state index is 0. The van der Waals surface area contributed by atoms with E-state index in [0.29, 0.717) is 12.7 Å². The normalized spacial score (nSPS) is 5.50. The maximum Gasteiger partial charge on any atom is -0.0149 e. The van der Waals surface area contributed by atoms with Crippen molar-refractivity contribution < 1.29 is 12.7 Å². The molecule has 0 rings (SSSR count). The molecule has 32 valence electrons. The molecule has 0 saturated carbocycles. The Balaban J connectivity index is 0. The van der Waals surface area contributed by atoms with Gasteiger partial charge in [-0.3, -0.25) is 0 Å². The topological polar surface area (TPSA) is 0 Å². The summed E-state index contributed by atoms with van der Waals surface area (Å²) in [6.07, 6.45) is 0. The Labute approximate surface area is 44.2 Å². The average Bonchev–Trinajstić information content (AvgIpc) is 0.918. The van der Waals surface area contributed by atoms with Gasteiger partial charge >= 0.3 is 33.0 Å². The molecule has 4 heavy (non-hydrogen) atoms. The van der Waals surface area contributed by atoms with E-state index in [1.54, 1.807) is 0 Å². The maximum absolute atomic E-state index is 4.70. The number of rotatable bonds is 0. The molecule has 0 fully saturated rings. The molecular weight excluding hydrogens is 158 g/mol. The van der Waals surface area contributed by atoms with Crippen molar-refractivity contribution in [3.8, 4) is 0 Å². The second kappa shape index (κ2) is 8.85. The minimum atomic E-state index is 0. The first-order valence-electron chi connectivity index (χ1n) is 0.239. The fourth-order valence-corrected chi connectivity index (χ4v) is 0. The third-order valence-corrected chi connectivity index (χ3v) is 0. The van der Waals surface area contributed by atoms with Crippen LogP contribution in [0.2, 0.25) is 0 Å². The van der Waals surface area contributed by atoms with E-state index in [0.717, 1.165) is 0 Å². The molecule has 0 aromatic carbocycles. The van der Waals surface area contributed by atoms with Crippen LogP contribution in [0.1, 0.15) is 0 Å². The van der Waals surface area contributed by atoms with E-state index < -0.39 is 0 Å². The summed E-state index contributed by atoms with van der Waals surface area (Å²) in [6.45, 7) is 0. The molecular formula is H4Cl2NiSi. The molecule has 0 aromatic rings. The standard InChI is InChI=1S/2ClH.Ni.H4Si/h2*1H;;1H4/q;;+2;/p-2. The van der Waals surface area contributed by atoms with Crippen LogP contribution in [-0.2, 0) is 12.7 Å². The van der Waals surface area contributed by atoms with Gasteiger partial charge in [-0.1, -0.05) is 0 Å². The molecule has 0 aromatic heterocycles. The van der Waals surface area contributed by atoms with Crippen LogP contribution in [0.3, 0.4) is 0 Å². The quantitative estimate of drug-likeness (QED) is 0.437. The van der Waals surface area contributed by atoms with Crippen LogP contribution in [0.15, 0.2) is 0 Å². The molecule has 4 heteroatoms. The van der Waals surface area contributed by atoms with Gasteiger partial charge in [0.15, 0.2) is 0 Å². The summed E-state index contributed by atoms with van der Waals surface area (Å²) in [6, 6.07) is 0. The van der Waals surface area contributed by atoms with E-state index in [9.17, 15) is 0 Å². The monoisotopic (exact) mass is 160 g/mol. The summed E-state index contributed by atoms with van der Waals surface area (Å²) in [5.41, 5.74) is 0. The summed E-state index contributed by atoms with van der Waals surface area (Å²) in [7, 11) is 9.40. The zero-order valence-corrected chi connectivity index (χ0v) is 3.57. The second-order valence-corrected chi connectivity index (χ2v) is 1.68. The van der Waals surface area contributed by atoms with Gasteiger partial charge in [0.1, 0.15) is 0 Å². The van der Waals surface area contributed by atoms with Gasteiger partial charge in [0, 0.05) is 0 Å². The molecule has 0 aliphatic rings. The maximum atomic E-state index is 4.70. The van der Waals surface area contributed by atoms with Crippen molar-refractivity contribution in [2.75, 3.05) is 0 Å². The largest absolute Gasteiger partial charge is 0.0149 e. The Kier molecular flexibility index (Phi) is 19.9. The minimum Gasteiger partial charge on any atom is -0.0149 e. The second-order valence-electron chi connectivity index (χ2n) is 0.0452. The summed E-state index contributed by atoms with van der Waals surface area (Å²) in [5.74, 6) is 0. The zero-order chi connectivity index (χ0) is 2.71. The van der Waals surface area contributed by atoms with Crippen molar-refractivity contribution in [1.29, 1.82) is 0 Å². The number of hydrogen-bond donors (Lipinski definition) is 0. The summed E-state index contributed by atoms with van der Waals surface area (Å²) in [4.78, 5) is 0. The van der Waals surface area contributed by atoms with Gasteiger partial charge in [0.05, 0.1) is 0 Å². The summed E-state index contributed by atoms with van der Waals surface area (Å²) < 4.78 is 0. The Morgan fingerprint density at radius 3 is 1.25 bits per heavy atom. The molecule has 0 aliphatic carbocycles. The van der Waals surface area contributed by atoms with Crippen LogP contribution in [-0.4, -0.2) is 11.0 Å². The average molecular weight is 162 g/mol. The van der Waals surface area contributed by atoms with Gasteiger partial charge < -0.3 is 0 Å². The van der Waals surface area contributed by atoms with Crippen LogP contribution < -0.4 is 0 Å². The predicted octanol–water partition coefficient (Wildman–Crippen LogP) is -0.0751. The van der Waals surface area contributed by atoms with E-state index in [4.69, 9.17) is 20.4 Å². The fraction of sp³-hybridized carbons (Fsp3) is 0. The molecule has 0 N–H and O–H groups in total. The number of hydrogen-bond acceptors (Lipinski definition) is 0. The van der Waals surface area contributed by atoms with Crippen LogP contribution in [0.4, 0.5) is 0 Å². The number of halogens is 2. The van der Waals surface area contributed by atoms with Crippen molar-refractivity contribution in [2.24, 2.45) is 0 Å². The molecule has 0 amide bonds. The van der Waals surface area contributed by atoms with Crippen LogP contribution >= 0.6 is 20.4 Å². The smallest absolute Gasteiger partial charge is 0.0149 e. The Morgan fingerprint density at radius 2 is 1.25 bits per heavy atom. The first-order chi connectivity index (χ1) is 1.41. The zero-order valence-electron chi connectivity index (χ0n) is 1.07. The van der Waals surface area contributed by atoms with Gasteiger partial charge in [0.2, 0.25) is 0 Å². The van der Waals surface area contributed by atoms with E-state index in [1.165, 1.54) is 0 Å². The van der Waals surface area contributed by atoms with Gasteiger partial charge in [0.25, 0.3) is 0 Å². The first kappa shape index (κ1) is 8.99. The molecule has 0 atom stereocenters. The third-order valence-electron chi connectivity index (χ3n) is 0. The van der Waals surface area contributed by atoms with Crippen LogP contribution in [0.25, 0.3) is 0 Å². The Hall–Kier alpha value is 1.29. The van der Waals surface area contributed by atoms with Crippen LogP contribution in [0.5, 0.6) is 0 Å². The van der Waals surface area contributed by atoms with Crippen LogP contribution in [0, 0.1) is 0 Å². The molecule has 0 heterocycles. The van der Waals surface area contributed by atoms with Gasteiger partial charge in [-0.2, -0.15) is 0 Å². The predicted molar refractivity (Wildman–Crippen MR) is 23.0 cm³/mol. The Morgan fingerprint density at radius 1 is 1.25 bits per heavy atom. The van der Waals surface area contributed by atoms with E-state index in [-0.39, 0.29) is 11.0 Å². The fourth-order valence-electron chi connectivity index (χ4n) is 0. The van der Waals surface area contributed by atoms with E-state index >= 15 is 0 Å². The van der Waals surface area contributed by atoms with Crippen molar-refractivity contribution in [2.45, 2.75) is 0 Å².